The molecule has 1 aromatic rings. The molecule has 0 aliphatic rings. The molecule has 0 unspecified atom stereocenters. The molecule has 1 aromatic carbocycles. The van der Waals surface area contributed by atoms with Crippen LogP contribution in [0.4, 0.5) is 0 Å². The molecule has 0 heterocycles. The highest BCUT2D eigenvalue weighted by Gasteiger charge is 2.04. The van der Waals surface area contributed by atoms with Gasteiger partial charge in [0.15, 0.2) is 0 Å². The molecule has 108 valence electrons. The van der Waals surface area contributed by atoms with E-state index in [4.69, 9.17) is 9.84 Å². The lowest BCUT2D eigenvalue weighted by atomic mass is 10.1. The Balaban J connectivity index is 2.55. The number of hydrogen-bond donors (Lipinski definition) is 2. The fourth-order valence-corrected chi connectivity index (χ4v) is 1.50. The first-order valence-corrected chi connectivity index (χ1v) is 6.69. The van der Waals surface area contributed by atoms with Crippen molar-refractivity contribution in [1.29, 1.82) is 0 Å². The molecule has 0 aromatic heterocycles. The van der Waals surface area contributed by atoms with Crippen LogP contribution >= 0.6 is 0 Å². The summed E-state index contributed by atoms with van der Waals surface area (Å²) in [7, 11) is 0. The van der Waals surface area contributed by atoms with E-state index in [2.05, 4.69) is 17.2 Å². The zero-order valence-electron chi connectivity index (χ0n) is 12.0. The Morgan fingerprint density at radius 3 is 2.85 bits per heavy atom. The van der Waals surface area contributed by atoms with Gasteiger partial charge in [-0.1, -0.05) is 30.0 Å². The Bertz CT molecular complexity index is 486. The zero-order valence-corrected chi connectivity index (χ0v) is 12.0. The summed E-state index contributed by atoms with van der Waals surface area (Å²) in [6.45, 7) is 4.32. The highest BCUT2D eigenvalue weighted by atomic mass is 16.5. The quantitative estimate of drug-likeness (QED) is 0.773. The molecule has 0 aliphatic carbocycles. The highest BCUT2D eigenvalue weighted by Crippen LogP contribution is 2.07. The van der Waals surface area contributed by atoms with Crippen LogP contribution < -0.4 is 5.32 Å². The van der Waals surface area contributed by atoms with E-state index >= 15 is 0 Å². The Morgan fingerprint density at radius 1 is 1.40 bits per heavy atom. The number of amides is 1. The van der Waals surface area contributed by atoms with Crippen molar-refractivity contribution in [2.75, 3.05) is 13.2 Å². The minimum Gasteiger partial charge on any atom is -0.395 e. The lowest BCUT2D eigenvalue weighted by Crippen LogP contribution is -2.28. The van der Waals surface area contributed by atoms with Crippen LogP contribution in [-0.4, -0.2) is 30.3 Å². The van der Waals surface area contributed by atoms with Crippen molar-refractivity contribution in [2.24, 2.45) is 0 Å². The first-order chi connectivity index (χ1) is 9.63. The Morgan fingerprint density at radius 2 is 2.15 bits per heavy atom. The molecule has 1 rings (SSSR count). The number of benzene rings is 1. The monoisotopic (exact) mass is 275 g/mol. The summed E-state index contributed by atoms with van der Waals surface area (Å²) in [5.41, 5.74) is 1.82. The van der Waals surface area contributed by atoms with Crippen molar-refractivity contribution in [1.82, 2.24) is 5.32 Å². The SMILES string of the molecule is CC(C)OCC(=O)NCc1ccccc1C#CCCO. The third-order valence-corrected chi connectivity index (χ3v) is 2.50. The second-order valence-electron chi connectivity index (χ2n) is 4.57. The van der Waals surface area contributed by atoms with Crippen molar-refractivity contribution in [3.8, 4) is 11.8 Å². The normalized spacial score (nSPS) is 10.0. The summed E-state index contributed by atoms with van der Waals surface area (Å²) in [6, 6.07) is 7.63. The van der Waals surface area contributed by atoms with Gasteiger partial charge in [0.2, 0.25) is 5.91 Å². The molecule has 0 aliphatic heterocycles. The predicted octanol–water partition coefficient (Wildman–Crippen LogP) is 1.46. The zero-order chi connectivity index (χ0) is 14.8. The van der Waals surface area contributed by atoms with E-state index in [9.17, 15) is 4.79 Å². The number of rotatable bonds is 6. The molecule has 0 bridgehead atoms. The molecule has 2 N–H and O–H groups in total. The fourth-order valence-electron chi connectivity index (χ4n) is 1.50. The number of nitrogens with one attached hydrogen (secondary N) is 1. The molecule has 0 saturated heterocycles. The highest BCUT2D eigenvalue weighted by molar-refractivity contribution is 5.77. The molecule has 0 radical (unpaired) electrons. The number of carbonyl (C=O) groups excluding carboxylic acids is 1. The van der Waals surface area contributed by atoms with Gasteiger partial charge in [0.05, 0.1) is 12.7 Å². The first-order valence-electron chi connectivity index (χ1n) is 6.69. The molecular formula is C16H21NO3. The average molecular weight is 275 g/mol. The maximum atomic E-state index is 11.6. The smallest absolute Gasteiger partial charge is 0.246 e. The van der Waals surface area contributed by atoms with Gasteiger partial charge in [0.25, 0.3) is 0 Å². The summed E-state index contributed by atoms with van der Waals surface area (Å²) in [4.78, 5) is 11.6. The van der Waals surface area contributed by atoms with Gasteiger partial charge in [0, 0.05) is 18.5 Å². The maximum absolute atomic E-state index is 11.6. The van der Waals surface area contributed by atoms with Crippen molar-refractivity contribution in [2.45, 2.75) is 32.9 Å². The van der Waals surface area contributed by atoms with Crippen molar-refractivity contribution in [3.63, 3.8) is 0 Å². The van der Waals surface area contributed by atoms with Gasteiger partial charge < -0.3 is 15.2 Å². The van der Waals surface area contributed by atoms with E-state index in [-0.39, 0.29) is 25.2 Å². The van der Waals surface area contributed by atoms with E-state index in [1.165, 1.54) is 0 Å². The van der Waals surface area contributed by atoms with Crippen LogP contribution in [0.2, 0.25) is 0 Å². The molecular weight excluding hydrogens is 254 g/mol. The number of aliphatic hydroxyl groups excluding tert-OH is 1. The van der Waals surface area contributed by atoms with Crippen LogP contribution in [0.5, 0.6) is 0 Å². The molecule has 0 saturated carbocycles. The third kappa shape index (κ3) is 6.37. The topological polar surface area (TPSA) is 58.6 Å². The summed E-state index contributed by atoms with van der Waals surface area (Å²) in [6.07, 6.45) is 0.487. The summed E-state index contributed by atoms with van der Waals surface area (Å²) >= 11 is 0. The van der Waals surface area contributed by atoms with E-state index in [1.807, 2.05) is 38.1 Å². The minimum absolute atomic E-state index is 0.0392. The molecule has 1 amide bonds. The maximum Gasteiger partial charge on any atom is 0.246 e. The summed E-state index contributed by atoms with van der Waals surface area (Å²) in [5, 5.41) is 11.5. The minimum atomic E-state index is -0.142. The van der Waals surface area contributed by atoms with Gasteiger partial charge in [-0.15, -0.1) is 0 Å². The molecule has 4 nitrogen and oxygen atoms in total. The number of carbonyl (C=O) groups is 1. The number of hydrogen-bond acceptors (Lipinski definition) is 3. The Labute approximate surface area is 120 Å². The molecule has 0 atom stereocenters. The largest absolute Gasteiger partial charge is 0.395 e. The molecule has 4 heteroatoms. The van der Waals surface area contributed by atoms with Crippen LogP contribution in [0.1, 0.15) is 31.4 Å². The fraction of sp³-hybridized carbons (Fsp3) is 0.438. The van der Waals surface area contributed by atoms with Crippen molar-refractivity contribution >= 4 is 5.91 Å². The average Bonchev–Trinajstić information content (AvgIpc) is 2.44. The standard InChI is InChI=1S/C16H21NO3/c1-13(2)20-12-16(19)17-11-15-9-4-3-7-14(15)8-5-6-10-18/h3-4,7,9,13,18H,6,10-12H2,1-2H3,(H,17,19). The van der Waals surface area contributed by atoms with Crippen molar-refractivity contribution in [3.05, 3.63) is 35.4 Å². The molecule has 20 heavy (non-hydrogen) atoms. The van der Waals surface area contributed by atoms with E-state index < -0.39 is 0 Å². The Hall–Kier alpha value is -1.83. The van der Waals surface area contributed by atoms with Crippen LogP contribution in [0.25, 0.3) is 0 Å². The lowest BCUT2D eigenvalue weighted by molar-refractivity contribution is -0.127. The Kier molecular flexibility index (Phi) is 7.41. The van der Waals surface area contributed by atoms with Gasteiger partial charge in [-0.25, -0.2) is 0 Å². The number of ether oxygens (including phenoxy) is 1. The van der Waals surface area contributed by atoms with Gasteiger partial charge in [-0.3, -0.25) is 4.79 Å². The second kappa shape index (κ2) is 9.13. The second-order valence-corrected chi connectivity index (χ2v) is 4.57. The summed E-state index contributed by atoms with van der Waals surface area (Å²) < 4.78 is 5.23. The van der Waals surface area contributed by atoms with Gasteiger partial charge in [-0.2, -0.15) is 0 Å². The van der Waals surface area contributed by atoms with Gasteiger partial charge in [-0.05, 0) is 25.5 Å². The van der Waals surface area contributed by atoms with Crippen LogP contribution in [0.15, 0.2) is 24.3 Å². The lowest BCUT2D eigenvalue weighted by Gasteiger charge is -2.09. The van der Waals surface area contributed by atoms with E-state index in [0.717, 1.165) is 11.1 Å². The van der Waals surface area contributed by atoms with E-state index in [0.29, 0.717) is 13.0 Å². The first kappa shape index (κ1) is 16.2. The predicted molar refractivity (Wildman–Crippen MR) is 78.0 cm³/mol. The van der Waals surface area contributed by atoms with Crippen LogP contribution in [0.3, 0.4) is 0 Å². The third-order valence-electron chi connectivity index (χ3n) is 2.50. The molecule has 0 fully saturated rings. The molecule has 0 spiro atoms. The van der Waals surface area contributed by atoms with Crippen LogP contribution in [0, 0.1) is 11.8 Å². The number of aliphatic hydroxyl groups is 1. The van der Waals surface area contributed by atoms with Crippen molar-refractivity contribution < 1.29 is 14.6 Å². The van der Waals surface area contributed by atoms with Crippen LogP contribution in [-0.2, 0) is 16.1 Å². The van der Waals surface area contributed by atoms with Gasteiger partial charge >= 0.3 is 0 Å². The van der Waals surface area contributed by atoms with Gasteiger partial charge in [0.1, 0.15) is 6.61 Å². The van der Waals surface area contributed by atoms with E-state index in [1.54, 1.807) is 0 Å². The summed E-state index contributed by atoms with van der Waals surface area (Å²) in [5.74, 6) is 5.74.